The molecule has 0 bridgehead atoms. The lowest BCUT2D eigenvalue weighted by molar-refractivity contribution is 0.995. The zero-order valence-electron chi connectivity index (χ0n) is 21.5. The van der Waals surface area contributed by atoms with Gasteiger partial charge in [0.25, 0.3) is 0 Å². The highest BCUT2D eigenvalue weighted by molar-refractivity contribution is 6.20. The zero-order chi connectivity index (χ0) is 26.5. The number of para-hydroxylation sites is 2. The van der Waals surface area contributed by atoms with Gasteiger partial charge >= 0.3 is 0 Å². The van der Waals surface area contributed by atoms with E-state index in [1.165, 1.54) is 16.3 Å². The number of fused-ring (bicyclic) bond motifs is 5. The summed E-state index contributed by atoms with van der Waals surface area (Å²) in [6, 6.07) is 41.9. The third kappa shape index (κ3) is 3.52. The van der Waals surface area contributed by atoms with Crippen molar-refractivity contribution >= 4 is 32.7 Å². The second-order valence-corrected chi connectivity index (χ2v) is 9.82. The number of pyridine rings is 1. The van der Waals surface area contributed by atoms with Crippen LogP contribution in [0, 0.1) is 0 Å². The van der Waals surface area contributed by atoms with E-state index in [1.54, 1.807) is 6.20 Å². The van der Waals surface area contributed by atoms with Crippen LogP contribution in [-0.2, 0) is 0 Å². The van der Waals surface area contributed by atoms with Crippen LogP contribution in [0.25, 0.3) is 66.9 Å². The molecular weight excluding hydrogens is 490 g/mol. The molecular formula is C35H23N5. The Kier molecular flexibility index (Phi) is 5.07. The molecule has 0 amide bonds. The lowest BCUT2D eigenvalue weighted by Gasteiger charge is -2.12. The Hall–Kier alpha value is -5.55. The molecule has 0 aliphatic rings. The van der Waals surface area contributed by atoms with Crippen molar-refractivity contribution in [1.82, 2.24) is 24.1 Å². The molecule has 0 spiro atoms. The summed E-state index contributed by atoms with van der Waals surface area (Å²) in [7, 11) is 0. The molecule has 4 aromatic heterocycles. The van der Waals surface area contributed by atoms with Crippen molar-refractivity contribution in [1.29, 1.82) is 0 Å². The van der Waals surface area contributed by atoms with Crippen LogP contribution in [0.3, 0.4) is 0 Å². The number of aromatic nitrogens is 5. The second kappa shape index (κ2) is 9.03. The van der Waals surface area contributed by atoms with Crippen molar-refractivity contribution in [2.45, 2.75) is 0 Å². The summed E-state index contributed by atoms with van der Waals surface area (Å²) >= 11 is 0. The zero-order valence-corrected chi connectivity index (χ0v) is 21.5. The summed E-state index contributed by atoms with van der Waals surface area (Å²) in [6.45, 7) is 0. The van der Waals surface area contributed by atoms with E-state index in [0.29, 0.717) is 5.95 Å². The highest BCUT2D eigenvalue weighted by Gasteiger charge is 2.20. The monoisotopic (exact) mass is 513 g/mol. The van der Waals surface area contributed by atoms with Crippen LogP contribution < -0.4 is 0 Å². The summed E-state index contributed by atoms with van der Waals surface area (Å²) in [6.07, 6.45) is 5.78. The van der Waals surface area contributed by atoms with Gasteiger partial charge in [0.05, 0.1) is 27.9 Å². The quantitative estimate of drug-likeness (QED) is 0.238. The first-order chi connectivity index (χ1) is 19.8. The summed E-state index contributed by atoms with van der Waals surface area (Å²) in [5.41, 5.74) is 8.11. The fourth-order valence-electron chi connectivity index (χ4n) is 5.65. The lowest BCUT2D eigenvalue weighted by Crippen LogP contribution is -2.04. The molecule has 0 fully saturated rings. The first kappa shape index (κ1) is 22.4. The van der Waals surface area contributed by atoms with Crippen LogP contribution in [0.5, 0.6) is 0 Å². The molecule has 8 aromatic rings. The second-order valence-electron chi connectivity index (χ2n) is 9.82. The largest absolute Gasteiger partial charge is 0.316 e. The maximum atomic E-state index is 5.14. The van der Waals surface area contributed by atoms with Crippen molar-refractivity contribution < 1.29 is 0 Å². The Balaban J connectivity index is 1.48. The molecule has 5 nitrogen and oxygen atoms in total. The first-order valence-corrected chi connectivity index (χ1v) is 13.3. The molecule has 188 valence electrons. The van der Waals surface area contributed by atoms with E-state index in [0.717, 1.165) is 44.6 Å². The minimum Gasteiger partial charge on any atom is -0.316 e. The van der Waals surface area contributed by atoms with E-state index in [-0.39, 0.29) is 0 Å². The molecule has 0 N–H and O–H groups in total. The Morgan fingerprint density at radius 3 is 2.10 bits per heavy atom. The number of benzene rings is 4. The fourth-order valence-corrected chi connectivity index (χ4v) is 5.65. The third-order valence-corrected chi connectivity index (χ3v) is 7.46. The van der Waals surface area contributed by atoms with Crippen molar-refractivity contribution in [3.63, 3.8) is 0 Å². The van der Waals surface area contributed by atoms with E-state index in [1.807, 2.05) is 48.7 Å². The predicted molar refractivity (Wildman–Crippen MR) is 162 cm³/mol. The highest BCUT2D eigenvalue weighted by Crippen LogP contribution is 2.38. The summed E-state index contributed by atoms with van der Waals surface area (Å²) < 4.78 is 4.47. The van der Waals surface area contributed by atoms with E-state index < -0.39 is 0 Å². The first-order valence-electron chi connectivity index (χ1n) is 13.3. The Morgan fingerprint density at radius 2 is 1.30 bits per heavy atom. The lowest BCUT2D eigenvalue weighted by atomic mass is 10.1. The summed E-state index contributed by atoms with van der Waals surface area (Å²) in [5.74, 6) is 0.628. The Bertz CT molecular complexity index is 2090. The van der Waals surface area contributed by atoms with Gasteiger partial charge < -0.3 is 4.57 Å². The van der Waals surface area contributed by atoms with Gasteiger partial charge in [0.1, 0.15) is 0 Å². The average molecular weight is 514 g/mol. The molecule has 5 heteroatoms. The van der Waals surface area contributed by atoms with E-state index in [2.05, 4.69) is 99.2 Å². The molecule has 0 aliphatic carbocycles. The molecule has 0 saturated heterocycles. The molecule has 4 aromatic carbocycles. The Labute approximate surface area is 230 Å². The van der Waals surface area contributed by atoms with Crippen LogP contribution >= 0.6 is 0 Å². The van der Waals surface area contributed by atoms with E-state index >= 15 is 0 Å². The normalized spacial score (nSPS) is 11.5. The molecule has 0 saturated carbocycles. The van der Waals surface area contributed by atoms with Crippen molar-refractivity contribution in [2.75, 3.05) is 0 Å². The van der Waals surface area contributed by atoms with Gasteiger partial charge in [0.2, 0.25) is 5.95 Å². The van der Waals surface area contributed by atoms with Crippen LogP contribution in [0.4, 0.5) is 0 Å². The number of rotatable bonds is 4. The van der Waals surface area contributed by atoms with Gasteiger partial charge in [-0.05, 0) is 48.5 Å². The van der Waals surface area contributed by atoms with Gasteiger partial charge in [-0.15, -0.1) is 0 Å². The molecule has 4 heterocycles. The van der Waals surface area contributed by atoms with Gasteiger partial charge in [0, 0.05) is 51.6 Å². The number of hydrogen-bond acceptors (Lipinski definition) is 3. The fraction of sp³-hybridized carbons (Fsp3) is 0. The maximum absolute atomic E-state index is 5.14. The minimum atomic E-state index is 0.628. The molecule has 0 radical (unpaired) electrons. The van der Waals surface area contributed by atoms with Gasteiger partial charge in [-0.2, -0.15) is 0 Å². The topological polar surface area (TPSA) is 48.5 Å². The molecule has 40 heavy (non-hydrogen) atoms. The highest BCUT2D eigenvalue weighted by atomic mass is 15.2. The number of hydrogen-bond donors (Lipinski definition) is 0. The number of nitrogens with zero attached hydrogens (tertiary/aromatic N) is 5. The van der Waals surface area contributed by atoms with Crippen LogP contribution in [0.2, 0.25) is 0 Å². The molecule has 0 aliphatic heterocycles. The average Bonchev–Trinajstić information content (AvgIpc) is 3.61. The van der Waals surface area contributed by atoms with Crippen molar-refractivity contribution in [2.24, 2.45) is 0 Å². The van der Waals surface area contributed by atoms with Gasteiger partial charge in [-0.25, -0.2) is 9.97 Å². The predicted octanol–water partition coefficient (Wildman–Crippen LogP) is 8.25. The van der Waals surface area contributed by atoms with Crippen molar-refractivity contribution in [3.8, 4) is 34.2 Å². The Morgan fingerprint density at radius 1 is 0.575 bits per heavy atom. The van der Waals surface area contributed by atoms with Gasteiger partial charge in [-0.1, -0.05) is 72.8 Å². The van der Waals surface area contributed by atoms with E-state index in [4.69, 9.17) is 9.97 Å². The van der Waals surface area contributed by atoms with Crippen molar-refractivity contribution in [3.05, 3.63) is 140 Å². The smallest absolute Gasteiger partial charge is 0.235 e. The molecule has 0 unspecified atom stereocenters. The van der Waals surface area contributed by atoms with Crippen LogP contribution in [0.15, 0.2) is 140 Å². The van der Waals surface area contributed by atoms with Gasteiger partial charge in [0.15, 0.2) is 0 Å². The van der Waals surface area contributed by atoms with E-state index in [9.17, 15) is 0 Å². The molecule has 0 atom stereocenters. The standard InChI is InChI=1S/C35H23N5/c1-3-10-24(11-4-1)29-22-30(26-12-9-20-36-23-26)38-35(37-29)40-31-16-8-7-15-28(31)33-32(40)18-17-25-19-21-39(34(25)33)27-13-5-2-6-14-27/h1-23H. The minimum absolute atomic E-state index is 0.628. The van der Waals surface area contributed by atoms with Gasteiger partial charge in [-0.3, -0.25) is 9.55 Å². The summed E-state index contributed by atoms with van der Waals surface area (Å²) in [4.78, 5) is 14.6. The third-order valence-electron chi connectivity index (χ3n) is 7.46. The SMILES string of the molecule is c1ccc(-c2cc(-c3cccnc3)nc(-n3c4ccccc4c4c5c(ccc43)ccn5-c3ccccc3)n2)cc1. The molecule has 8 rings (SSSR count). The summed E-state index contributed by atoms with van der Waals surface area (Å²) in [5, 5.41) is 3.53. The van der Waals surface area contributed by atoms with Crippen LogP contribution in [-0.4, -0.2) is 24.1 Å². The van der Waals surface area contributed by atoms with Crippen LogP contribution in [0.1, 0.15) is 0 Å². The maximum Gasteiger partial charge on any atom is 0.235 e.